The third kappa shape index (κ3) is 2.98. The maximum absolute atomic E-state index is 11.1. The molecule has 1 aromatic carbocycles. The predicted octanol–water partition coefficient (Wildman–Crippen LogP) is 1.69. The van der Waals surface area contributed by atoms with Crippen molar-refractivity contribution in [2.45, 2.75) is 23.8 Å². The molecule has 5 nitrogen and oxygen atoms in total. The number of hydrogen-bond donors (Lipinski definition) is 2. The molecule has 3 N–H and O–H groups in total. The van der Waals surface area contributed by atoms with Crippen LogP contribution in [0.3, 0.4) is 0 Å². The number of aromatic nitrogens is 1. The number of thioether (sulfide) groups is 1. The van der Waals surface area contributed by atoms with E-state index in [-0.39, 0.29) is 11.2 Å². The van der Waals surface area contributed by atoms with Gasteiger partial charge in [-0.15, -0.1) is 0 Å². The number of fused-ring (bicyclic) bond motifs is 1. The van der Waals surface area contributed by atoms with Crippen LogP contribution in [-0.4, -0.2) is 16.1 Å². The summed E-state index contributed by atoms with van der Waals surface area (Å²) in [5.41, 5.74) is 3.68. The molecule has 0 spiro atoms. The highest BCUT2D eigenvalue weighted by molar-refractivity contribution is 7.99. The Labute approximate surface area is 103 Å². The number of hydrazine groups is 1. The largest absolute Gasteiger partial charge is 0.431 e. The number of carbonyl (C=O) groups is 1. The summed E-state index contributed by atoms with van der Waals surface area (Å²) >= 11 is 1.42. The van der Waals surface area contributed by atoms with Gasteiger partial charge in [-0.05, 0) is 12.1 Å². The molecule has 90 valence electrons. The normalized spacial score (nSPS) is 12.6. The lowest BCUT2D eigenvalue weighted by Crippen LogP contribution is -2.31. The molecule has 1 heterocycles. The molecule has 1 atom stereocenters. The highest BCUT2D eigenvalue weighted by Crippen LogP contribution is 2.27. The fourth-order valence-electron chi connectivity index (χ4n) is 1.44. The summed E-state index contributed by atoms with van der Waals surface area (Å²) in [7, 11) is 0. The zero-order valence-electron chi connectivity index (χ0n) is 9.34. The number of amides is 1. The summed E-state index contributed by atoms with van der Waals surface area (Å²) in [6.07, 6.45) is 0.333. The number of benzene rings is 1. The number of oxazole rings is 1. The van der Waals surface area contributed by atoms with Gasteiger partial charge in [0.1, 0.15) is 5.52 Å². The third-order valence-corrected chi connectivity index (χ3v) is 3.16. The molecule has 1 aromatic heterocycles. The van der Waals surface area contributed by atoms with E-state index in [0.717, 1.165) is 11.1 Å². The van der Waals surface area contributed by atoms with Crippen LogP contribution >= 0.6 is 11.8 Å². The van der Waals surface area contributed by atoms with E-state index in [4.69, 9.17) is 10.3 Å². The van der Waals surface area contributed by atoms with E-state index in [9.17, 15) is 4.79 Å². The molecule has 0 saturated heterocycles. The topological polar surface area (TPSA) is 81.2 Å². The van der Waals surface area contributed by atoms with Gasteiger partial charge in [0.15, 0.2) is 5.58 Å². The van der Waals surface area contributed by atoms with E-state index >= 15 is 0 Å². The van der Waals surface area contributed by atoms with Crippen LogP contribution in [0.25, 0.3) is 11.1 Å². The second-order valence-electron chi connectivity index (χ2n) is 3.65. The molecular weight excluding hydrogens is 238 g/mol. The van der Waals surface area contributed by atoms with E-state index in [2.05, 4.69) is 10.4 Å². The van der Waals surface area contributed by atoms with Crippen LogP contribution in [0.1, 0.15) is 13.3 Å². The number of nitrogens with two attached hydrogens (primary N) is 1. The van der Waals surface area contributed by atoms with Crippen molar-refractivity contribution in [2.24, 2.45) is 5.84 Å². The SMILES string of the molecule is CC(CC(=O)NN)Sc1nc2ccccc2o1. The van der Waals surface area contributed by atoms with E-state index in [1.807, 2.05) is 31.2 Å². The first-order valence-electron chi connectivity index (χ1n) is 5.20. The Morgan fingerprint density at radius 2 is 2.35 bits per heavy atom. The molecule has 0 saturated carbocycles. The minimum Gasteiger partial charge on any atom is -0.431 e. The van der Waals surface area contributed by atoms with Gasteiger partial charge in [0, 0.05) is 11.7 Å². The smallest absolute Gasteiger partial charge is 0.257 e. The second kappa shape index (κ2) is 5.20. The summed E-state index contributed by atoms with van der Waals surface area (Å²) in [5, 5.41) is 0.634. The van der Waals surface area contributed by atoms with Gasteiger partial charge in [-0.3, -0.25) is 10.2 Å². The van der Waals surface area contributed by atoms with E-state index in [1.165, 1.54) is 11.8 Å². The lowest BCUT2D eigenvalue weighted by Gasteiger charge is -2.06. The van der Waals surface area contributed by atoms with Crippen molar-refractivity contribution in [3.05, 3.63) is 24.3 Å². The van der Waals surface area contributed by atoms with E-state index in [1.54, 1.807) is 0 Å². The molecule has 2 aromatic rings. The van der Waals surface area contributed by atoms with E-state index < -0.39 is 0 Å². The van der Waals surface area contributed by atoms with Crippen LogP contribution in [0.5, 0.6) is 0 Å². The first kappa shape index (κ1) is 11.9. The number of hydrogen-bond acceptors (Lipinski definition) is 5. The van der Waals surface area contributed by atoms with Gasteiger partial charge in [0.25, 0.3) is 5.22 Å². The van der Waals surface area contributed by atoms with Crippen molar-refractivity contribution in [3.63, 3.8) is 0 Å². The van der Waals surface area contributed by atoms with Gasteiger partial charge >= 0.3 is 0 Å². The minimum atomic E-state index is -0.193. The quantitative estimate of drug-likeness (QED) is 0.374. The molecule has 17 heavy (non-hydrogen) atoms. The summed E-state index contributed by atoms with van der Waals surface area (Å²) in [4.78, 5) is 15.4. The summed E-state index contributed by atoms with van der Waals surface area (Å²) < 4.78 is 5.54. The van der Waals surface area contributed by atoms with Crippen molar-refractivity contribution in [1.29, 1.82) is 0 Å². The van der Waals surface area contributed by atoms with Crippen LogP contribution in [0.15, 0.2) is 33.9 Å². The number of para-hydroxylation sites is 2. The zero-order chi connectivity index (χ0) is 12.3. The predicted molar refractivity (Wildman–Crippen MR) is 66.3 cm³/mol. The van der Waals surface area contributed by atoms with Gasteiger partial charge in [-0.2, -0.15) is 0 Å². The molecule has 1 amide bonds. The van der Waals surface area contributed by atoms with Crippen LogP contribution in [0.4, 0.5) is 0 Å². The number of carbonyl (C=O) groups excluding carboxylic acids is 1. The monoisotopic (exact) mass is 251 g/mol. The molecule has 6 heteroatoms. The van der Waals surface area contributed by atoms with Crippen molar-refractivity contribution < 1.29 is 9.21 Å². The Balaban J connectivity index is 2.05. The molecular formula is C11H13N3O2S. The van der Waals surface area contributed by atoms with Crippen molar-refractivity contribution in [3.8, 4) is 0 Å². The van der Waals surface area contributed by atoms with Gasteiger partial charge < -0.3 is 4.42 Å². The van der Waals surface area contributed by atoms with Gasteiger partial charge in [0.05, 0.1) is 0 Å². The average molecular weight is 251 g/mol. The summed E-state index contributed by atoms with van der Waals surface area (Å²) in [6.45, 7) is 1.93. The highest BCUT2D eigenvalue weighted by Gasteiger charge is 2.13. The number of rotatable bonds is 4. The molecule has 1 unspecified atom stereocenters. The molecule has 0 aliphatic rings. The molecule has 0 radical (unpaired) electrons. The fraction of sp³-hybridized carbons (Fsp3) is 0.273. The zero-order valence-corrected chi connectivity index (χ0v) is 10.2. The molecule has 0 bridgehead atoms. The maximum atomic E-state index is 11.1. The van der Waals surface area contributed by atoms with E-state index in [0.29, 0.717) is 11.6 Å². The number of nitrogens with one attached hydrogen (secondary N) is 1. The van der Waals surface area contributed by atoms with Crippen LogP contribution in [-0.2, 0) is 4.79 Å². The van der Waals surface area contributed by atoms with Crippen LogP contribution < -0.4 is 11.3 Å². The number of nitrogens with zero attached hydrogens (tertiary/aromatic N) is 1. The Bertz CT molecular complexity index is 493. The van der Waals surface area contributed by atoms with Gasteiger partial charge in [0.2, 0.25) is 5.91 Å². The first-order valence-corrected chi connectivity index (χ1v) is 6.08. The molecule has 2 rings (SSSR count). The lowest BCUT2D eigenvalue weighted by molar-refractivity contribution is -0.121. The Morgan fingerprint density at radius 1 is 1.59 bits per heavy atom. The van der Waals surface area contributed by atoms with Gasteiger partial charge in [-0.25, -0.2) is 10.8 Å². The van der Waals surface area contributed by atoms with Crippen LogP contribution in [0.2, 0.25) is 0 Å². The molecule has 0 aliphatic heterocycles. The molecule has 0 aliphatic carbocycles. The summed E-state index contributed by atoms with van der Waals surface area (Å²) in [5.74, 6) is 4.83. The third-order valence-electron chi connectivity index (χ3n) is 2.21. The lowest BCUT2D eigenvalue weighted by atomic mass is 10.3. The molecule has 0 fully saturated rings. The Hall–Kier alpha value is -1.53. The maximum Gasteiger partial charge on any atom is 0.257 e. The summed E-state index contributed by atoms with van der Waals surface area (Å²) in [6, 6.07) is 7.56. The van der Waals surface area contributed by atoms with Crippen molar-refractivity contribution in [2.75, 3.05) is 0 Å². The standard InChI is InChI=1S/C11H13N3O2S/c1-7(6-10(15)14-12)17-11-13-8-4-2-3-5-9(8)16-11/h2-5,7H,6,12H2,1H3,(H,14,15). The van der Waals surface area contributed by atoms with Gasteiger partial charge in [-0.1, -0.05) is 30.8 Å². The van der Waals surface area contributed by atoms with Crippen LogP contribution in [0, 0.1) is 0 Å². The van der Waals surface area contributed by atoms with Crippen molar-refractivity contribution in [1.82, 2.24) is 10.4 Å². The van der Waals surface area contributed by atoms with Crippen molar-refractivity contribution >= 4 is 28.8 Å². The minimum absolute atomic E-state index is 0.0617. The highest BCUT2D eigenvalue weighted by atomic mass is 32.2. The Kier molecular flexibility index (Phi) is 3.65. The first-order chi connectivity index (χ1) is 8.19. The average Bonchev–Trinajstić information content (AvgIpc) is 2.70. The fourth-order valence-corrected chi connectivity index (χ4v) is 2.30. The Morgan fingerprint density at radius 3 is 3.06 bits per heavy atom. The second-order valence-corrected chi connectivity index (χ2v) is 5.04.